The summed E-state index contributed by atoms with van der Waals surface area (Å²) in [5, 5.41) is 0.790. The van der Waals surface area contributed by atoms with Crippen LogP contribution in [0.2, 0.25) is 0 Å². The van der Waals surface area contributed by atoms with E-state index in [0.29, 0.717) is 17.9 Å². The molecule has 1 aliphatic rings. The third kappa shape index (κ3) is 2.70. The molecule has 1 aromatic heterocycles. The van der Waals surface area contributed by atoms with Crippen molar-refractivity contribution in [3.8, 4) is 5.75 Å². The van der Waals surface area contributed by atoms with Gasteiger partial charge in [0.1, 0.15) is 11.6 Å². The Labute approximate surface area is 151 Å². The summed E-state index contributed by atoms with van der Waals surface area (Å²) in [6, 6.07) is 17.6. The first-order chi connectivity index (χ1) is 12.7. The molecular weight excluding hydrogens is 328 g/mol. The summed E-state index contributed by atoms with van der Waals surface area (Å²) in [5.41, 5.74) is 15.7. The quantitative estimate of drug-likeness (QED) is 0.748. The molecule has 0 fully saturated rings. The summed E-state index contributed by atoms with van der Waals surface area (Å²) in [6.45, 7) is 0.498. The number of rotatable bonds is 4. The average Bonchev–Trinajstić information content (AvgIpc) is 3.17. The van der Waals surface area contributed by atoms with Crippen molar-refractivity contribution in [2.24, 2.45) is 16.5 Å². The minimum atomic E-state index is -0.330. The number of methoxy groups -OCH3 is 1. The Morgan fingerprint density at radius 1 is 1.08 bits per heavy atom. The summed E-state index contributed by atoms with van der Waals surface area (Å²) in [7, 11) is 1.65. The third-order valence-electron chi connectivity index (χ3n) is 4.53. The molecule has 0 saturated heterocycles. The van der Waals surface area contributed by atoms with E-state index in [4.69, 9.17) is 25.6 Å². The lowest BCUT2D eigenvalue weighted by atomic mass is 10.1. The number of furan rings is 1. The van der Waals surface area contributed by atoms with Crippen molar-refractivity contribution in [3.63, 3.8) is 0 Å². The molecule has 0 amide bonds. The smallest absolute Gasteiger partial charge is 0.227 e. The van der Waals surface area contributed by atoms with Crippen LogP contribution in [0.3, 0.4) is 0 Å². The number of nitrogens with two attached hydrogens (primary N) is 2. The lowest BCUT2D eigenvalue weighted by Gasteiger charge is -2.33. The Bertz CT molecular complexity index is 1020. The molecule has 4 N–H and O–H groups in total. The molecule has 0 bridgehead atoms. The van der Waals surface area contributed by atoms with Crippen LogP contribution in [0, 0.1) is 0 Å². The van der Waals surface area contributed by atoms with E-state index in [-0.39, 0.29) is 6.17 Å². The SMILES string of the molecule is COc1ccc(C2N=c3occc3=C(N)N2c2ccc(CN)cc2)cc1. The first-order valence-electron chi connectivity index (χ1n) is 8.34. The molecule has 26 heavy (non-hydrogen) atoms. The normalized spacial score (nSPS) is 16.2. The van der Waals surface area contributed by atoms with Crippen molar-refractivity contribution in [1.82, 2.24) is 0 Å². The topological polar surface area (TPSA) is 90.0 Å². The van der Waals surface area contributed by atoms with Crippen molar-refractivity contribution in [2.75, 3.05) is 12.0 Å². The predicted molar refractivity (Wildman–Crippen MR) is 99.6 cm³/mol. The molecule has 0 saturated carbocycles. The van der Waals surface area contributed by atoms with Crippen LogP contribution in [0.25, 0.3) is 5.82 Å². The van der Waals surface area contributed by atoms with Gasteiger partial charge in [-0.25, -0.2) is 4.99 Å². The fourth-order valence-corrected chi connectivity index (χ4v) is 3.10. The minimum absolute atomic E-state index is 0.330. The maximum absolute atomic E-state index is 6.49. The van der Waals surface area contributed by atoms with E-state index < -0.39 is 0 Å². The number of hydrogen-bond donors (Lipinski definition) is 2. The second kappa shape index (κ2) is 6.57. The van der Waals surface area contributed by atoms with Crippen LogP contribution in [-0.4, -0.2) is 7.11 Å². The number of anilines is 1. The minimum Gasteiger partial charge on any atom is -0.497 e. The standard InChI is InChI=1S/C20H20N4O2/c1-25-16-8-4-14(5-9-16)19-23-20-17(10-11-26-20)18(22)24(19)15-6-2-13(12-21)3-7-15/h2-11,19H,12,21-22H2,1H3. The first-order valence-corrected chi connectivity index (χ1v) is 8.34. The van der Waals surface area contributed by atoms with Crippen molar-refractivity contribution >= 4 is 11.5 Å². The van der Waals surface area contributed by atoms with Gasteiger partial charge in [0.25, 0.3) is 0 Å². The summed E-state index contributed by atoms with van der Waals surface area (Å²) in [4.78, 5) is 6.77. The maximum atomic E-state index is 6.49. The zero-order chi connectivity index (χ0) is 18.1. The zero-order valence-corrected chi connectivity index (χ0v) is 14.4. The van der Waals surface area contributed by atoms with E-state index in [1.807, 2.05) is 59.5 Å². The molecule has 1 aliphatic heterocycles. The molecule has 0 aliphatic carbocycles. The Morgan fingerprint density at radius 3 is 2.46 bits per heavy atom. The first kappa shape index (κ1) is 16.2. The molecule has 2 heterocycles. The molecule has 4 rings (SSSR count). The molecule has 6 heteroatoms. The molecular formula is C20H20N4O2. The molecule has 3 aromatic rings. The zero-order valence-electron chi connectivity index (χ0n) is 14.4. The van der Waals surface area contributed by atoms with E-state index in [1.54, 1.807) is 13.4 Å². The van der Waals surface area contributed by atoms with Crippen LogP contribution in [0.5, 0.6) is 5.75 Å². The van der Waals surface area contributed by atoms with Gasteiger partial charge in [0.15, 0.2) is 6.17 Å². The Balaban J connectivity index is 1.85. The highest BCUT2D eigenvalue weighted by Gasteiger charge is 2.27. The lowest BCUT2D eigenvalue weighted by molar-refractivity contribution is 0.414. The highest BCUT2D eigenvalue weighted by atomic mass is 16.5. The molecule has 6 nitrogen and oxygen atoms in total. The molecule has 0 radical (unpaired) electrons. The van der Waals surface area contributed by atoms with Crippen molar-refractivity contribution in [1.29, 1.82) is 0 Å². The van der Waals surface area contributed by atoms with Crippen LogP contribution < -0.4 is 31.9 Å². The van der Waals surface area contributed by atoms with Gasteiger partial charge in [0, 0.05) is 12.2 Å². The number of benzene rings is 2. The second-order valence-electron chi connectivity index (χ2n) is 6.04. The maximum Gasteiger partial charge on any atom is 0.227 e. The molecule has 0 spiro atoms. The summed E-state index contributed by atoms with van der Waals surface area (Å²) >= 11 is 0. The van der Waals surface area contributed by atoms with Gasteiger partial charge >= 0.3 is 0 Å². The van der Waals surface area contributed by atoms with Gasteiger partial charge in [0.05, 0.1) is 18.6 Å². The van der Waals surface area contributed by atoms with Crippen LogP contribution in [0.15, 0.2) is 70.3 Å². The van der Waals surface area contributed by atoms with Gasteiger partial charge in [-0.1, -0.05) is 24.3 Å². The lowest BCUT2D eigenvalue weighted by Crippen LogP contribution is -2.43. The third-order valence-corrected chi connectivity index (χ3v) is 4.53. The van der Waals surface area contributed by atoms with Crippen molar-refractivity contribution < 1.29 is 9.15 Å². The molecule has 132 valence electrons. The number of ether oxygens (including phenoxy) is 1. The highest BCUT2D eigenvalue weighted by Crippen LogP contribution is 2.32. The molecule has 1 unspecified atom stereocenters. The van der Waals surface area contributed by atoms with Crippen LogP contribution in [0.4, 0.5) is 5.69 Å². The van der Waals surface area contributed by atoms with E-state index in [1.165, 1.54) is 0 Å². The number of hydrogen-bond acceptors (Lipinski definition) is 6. The van der Waals surface area contributed by atoms with E-state index in [9.17, 15) is 0 Å². The highest BCUT2D eigenvalue weighted by molar-refractivity contribution is 5.68. The van der Waals surface area contributed by atoms with Crippen LogP contribution >= 0.6 is 0 Å². The van der Waals surface area contributed by atoms with Gasteiger partial charge < -0.3 is 25.5 Å². The number of fused-ring (bicyclic) bond motifs is 1. The average molecular weight is 348 g/mol. The Hall–Kier alpha value is -3.25. The summed E-state index contributed by atoms with van der Waals surface area (Å²) < 4.78 is 10.8. The van der Waals surface area contributed by atoms with Gasteiger partial charge in [0.2, 0.25) is 5.55 Å². The second-order valence-corrected chi connectivity index (χ2v) is 6.04. The largest absolute Gasteiger partial charge is 0.497 e. The Kier molecular flexibility index (Phi) is 4.10. The van der Waals surface area contributed by atoms with Crippen LogP contribution in [0.1, 0.15) is 17.3 Å². The fraction of sp³-hybridized carbons (Fsp3) is 0.150. The summed E-state index contributed by atoms with van der Waals surface area (Å²) in [6.07, 6.45) is 1.27. The van der Waals surface area contributed by atoms with Crippen molar-refractivity contribution in [2.45, 2.75) is 12.7 Å². The summed E-state index contributed by atoms with van der Waals surface area (Å²) in [5.74, 6) is 1.39. The van der Waals surface area contributed by atoms with Crippen LogP contribution in [-0.2, 0) is 6.54 Å². The van der Waals surface area contributed by atoms with Gasteiger partial charge in [-0.15, -0.1) is 0 Å². The van der Waals surface area contributed by atoms with Crippen molar-refractivity contribution in [3.05, 3.63) is 82.8 Å². The van der Waals surface area contributed by atoms with E-state index in [2.05, 4.69) is 0 Å². The number of nitrogens with zero attached hydrogens (tertiary/aromatic N) is 2. The van der Waals surface area contributed by atoms with E-state index >= 15 is 0 Å². The predicted octanol–water partition coefficient (Wildman–Crippen LogP) is 1.61. The Morgan fingerprint density at radius 2 is 1.81 bits per heavy atom. The van der Waals surface area contributed by atoms with Gasteiger partial charge in [-0.2, -0.15) is 0 Å². The molecule has 2 aromatic carbocycles. The monoisotopic (exact) mass is 348 g/mol. The van der Waals surface area contributed by atoms with Gasteiger partial charge in [-0.05, 0) is 41.5 Å². The van der Waals surface area contributed by atoms with Gasteiger partial charge in [-0.3, -0.25) is 0 Å². The van der Waals surface area contributed by atoms with E-state index in [0.717, 1.165) is 27.8 Å². The fourth-order valence-electron chi connectivity index (χ4n) is 3.10. The molecule has 1 atom stereocenters.